The van der Waals surface area contributed by atoms with E-state index in [-0.39, 0.29) is 0 Å². The average Bonchev–Trinajstić information content (AvgIpc) is 2.34. The maximum atomic E-state index is 5.74. The summed E-state index contributed by atoms with van der Waals surface area (Å²) in [6.45, 7) is 3.06. The zero-order chi connectivity index (χ0) is 13.4. The van der Waals surface area contributed by atoms with E-state index in [2.05, 4.69) is 24.6 Å². The Morgan fingerprint density at radius 3 is 2.78 bits per heavy atom. The lowest BCUT2D eigenvalue weighted by Gasteiger charge is -2.14. The smallest absolute Gasteiger partial charge is 0.106 e. The molecule has 0 aliphatic heterocycles. The number of thiocarbonyl (C=S) groups is 1. The van der Waals surface area contributed by atoms with Gasteiger partial charge in [-0.1, -0.05) is 30.8 Å². The van der Waals surface area contributed by atoms with Gasteiger partial charge in [-0.05, 0) is 43.4 Å². The molecule has 4 heteroatoms. The van der Waals surface area contributed by atoms with E-state index in [1.807, 2.05) is 23.9 Å². The van der Waals surface area contributed by atoms with E-state index < -0.39 is 0 Å². The van der Waals surface area contributed by atoms with Crippen molar-refractivity contribution in [3.8, 4) is 0 Å². The van der Waals surface area contributed by atoms with E-state index in [1.54, 1.807) is 0 Å². The summed E-state index contributed by atoms with van der Waals surface area (Å²) in [6, 6.07) is 6.05. The molecule has 100 valence electrons. The molecule has 0 aliphatic rings. The molecule has 0 spiro atoms. The molecule has 0 saturated heterocycles. The number of unbranched alkanes of at least 4 members (excludes halogenated alkanes) is 2. The largest absolute Gasteiger partial charge is 0.389 e. The van der Waals surface area contributed by atoms with Crippen molar-refractivity contribution in [3.63, 3.8) is 0 Å². The summed E-state index contributed by atoms with van der Waals surface area (Å²) in [5.74, 6) is 1.25. The third-order valence-corrected chi connectivity index (χ3v) is 3.78. The van der Waals surface area contributed by atoms with Gasteiger partial charge < -0.3 is 11.1 Å². The highest BCUT2D eigenvalue weighted by atomic mass is 32.2. The summed E-state index contributed by atoms with van der Waals surface area (Å²) < 4.78 is 0. The zero-order valence-corrected chi connectivity index (χ0v) is 12.8. The Morgan fingerprint density at radius 2 is 2.11 bits per heavy atom. The zero-order valence-electron chi connectivity index (χ0n) is 11.2. The first-order valence-electron chi connectivity index (χ1n) is 6.29. The van der Waals surface area contributed by atoms with Crippen molar-refractivity contribution in [2.24, 2.45) is 5.73 Å². The quantitative estimate of drug-likeness (QED) is 0.564. The molecule has 0 amide bonds. The SMILES string of the molecule is CSCCCCCNc1c(C)cccc1C(N)=S. The molecule has 0 saturated carbocycles. The molecular formula is C14H22N2S2. The molecule has 0 fully saturated rings. The van der Waals surface area contributed by atoms with Crippen LogP contribution in [0.2, 0.25) is 0 Å². The maximum Gasteiger partial charge on any atom is 0.106 e. The third-order valence-electron chi connectivity index (χ3n) is 2.87. The molecule has 0 bridgehead atoms. The van der Waals surface area contributed by atoms with Gasteiger partial charge in [-0.2, -0.15) is 11.8 Å². The molecule has 0 atom stereocenters. The monoisotopic (exact) mass is 282 g/mol. The molecule has 0 aliphatic carbocycles. The standard InChI is InChI=1S/C14H22N2S2/c1-11-7-6-8-12(14(15)17)13(11)16-9-4-3-5-10-18-2/h6-8,16H,3-5,9-10H2,1-2H3,(H2,15,17). The van der Waals surface area contributed by atoms with Crippen molar-refractivity contribution >= 4 is 34.7 Å². The number of benzene rings is 1. The lowest BCUT2D eigenvalue weighted by atomic mass is 10.1. The minimum atomic E-state index is 0.462. The number of anilines is 1. The Labute approximate surface area is 120 Å². The van der Waals surface area contributed by atoms with Crippen LogP contribution in [0.3, 0.4) is 0 Å². The van der Waals surface area contributed by atoms with Gasteiger partial charge in [-0.3, -0.25) is 0 Å². The lowest BCUT2D eigenvalue weighted by molar-refractivity contribution is 0.749. The van der Waals surface area contributed by atoms with Crippen LogP contribution >= 0.6 is 24.0 Å². The second-order valence-electron chi connectivity index (χ2n) is 4.34. The van der Waals surface area contributed by atoms with Crippen molar-refractivity contribution in [1.82, 2.24) is 0 Å². The Morgan fingerprint density at radius 1 is 1.33 bits per heavy atom. The van der Waals surface area contributed by atoms with Gasteiger partial charge in [0.2, 0.25) is 0 Å². The molecule has 0 aromatic heterocycles. The molecule has 1 aromatic carbocycles. The molecule has 0 radical (unpaired) electrons. The van der Waals surface area contributed by atoms with Gasteiger partial charge in [0.1, 0.15) is 4.99 Å². The number of thioether (sulfide) groups is 1. The van der Waals surface area contributed by atoms with E-state index in [0.717, 1.165) is 17.8 Å². The van der Waals surface area contributed by atoms with Crippen molar-refractivity contribution in [2.75, 3.05) is 23.9 Å². The predicted molar refractivity (Wildman–Crippen MR) is 87.8 cm³/mol. The first kappa shape index (κ1) is 15.3. The van der Waals surface area contributed by atoms with E-state index in [4.69, 9.17) is 18.0 Å². The first-order chi connectivity index (χ1) is 8.66. The summed E-state index contributed by atoms with van der Waals surface area (Å²) in [7, 11) is 0. The highest BCUT2D eigenvalue weighted by molar-refractivity contribution is 7.98. The number of rotatable bonds is 8. The van der Waals surface area contributed by atoms with Crippen LogP contribution in [-0.4, -0.2) is 23.5 Å². The molecule has 3 N–H and O–H groups in total. The molecular weight excluding hydrogens is 260 g/mol. The van der Waals surface area contributed by atoms with E-state index >= 15 is 0 Å². The van der Waals surface area contributed by atoms with Crippen LogP contribution in [0.4, 0.5) is 5.69 Å². The Balaban J connectivity index is 2.48. The van der Waals surface area contributed by atoms with E-state index in [1.165, 1.54) is 30.6 Å². The van der Waals surface area contributed by atoms with Crippen LogP contribution in [0.5, 0.6) is 0 Å². The molecule has 18 heavy (non-hydrogen) atoms. The van der Waals surface area contributed by atoms with Gasteiger partial charge in [0, 0.05) is 17.8 Å². The fourth-order valence-electron chi connectivity index (χ4n) is 1.87. The van der Waals surface area contributed by atoms with Gasteiger partial charge in [0.25, 0.3) is 0 Å². The second kappa shape index (κ2) is 8.38. The predicted octanol–water partition coefficient (Wildman–Crippen LogP) is 3.57. The van der Waals surface area contributed by atoms with Crippen molar-refractivity contribution in [3.05, 3.63) is 29.3 Å². The molecule has 1 aromatic rings. The van der Waals surface area contributed by atoms with Gasteiger partial charge in [0.15, 0.2) is 0 Å². The van der Waals surface area contributed by atoms with Gasteiger partial charge in [-0.25, -0.2) is 0 Å². The molecule has 0 unspecified atom stereocenters. The Kier molecular flexibility index (Phi) is 7.13. The number of para-hydroxylation sites is 1. The van der Waals surface area contributed by atoms with Crippen LogP contribution in [0, 0.1) is 6.92 Å². The third kappa shape index (κ3) is 4.86. The number of aryl methyl sites for hydroxylation is 1. The van der Waals surface area contributed by atoms with E-state index in [9.17, 15) is 0 Å². The molecule has 0 heterocycles. The topological polar surface area (TPSA) is 38.0 Å². The summed E-state index contributed by atoms with van der Waals surface area (Å²) in [4.78, 5) is 0.462. The highest BCUT2D eigenvalue weighted by Gasteiger charge is 2.06. The van der Waals surface area contributed by atoms with Crippen LogP contribution in [0.25, 0.3) is 0 Å². The minimum Gasteiger partial charge on any atom is -0.389 e. The van der Waals surface area contributed by atoms with Crippen LogP contribution in [0.1, 0.15) is 30.4 Å². The number of hydrogen-bond acceptors (Lipinski definition) is 3. The summed E-state index contributed by atoms with van der Waals surface area (Å²) in [6.07, 6.45) is 5.90. The number of hydrogen-bond donors (Lipinski definition) is 2. The maximum absolute atomic E-state index is 5.74. The number of nitrogens with one attached hydrogen (secondary N) is 1. The second-order valence-corrected chi connectivity index (χ2v) is 5.77. The van der Waals surface area contributed by atoms with Crippen LogP contribution in [-0.2, 0) is 0 Å². The molecule has 2 nitrogen and oxygen atoms in total. The fraction of sp³-hybridized carbons (Fsp3) is 0.500. The molecule has 1 rings (SSSR count). The van der Waals surface area contributed by atoms with Gasteiger partial charge in [0.05, 0.1) is 0 Å². The minimum absolute atomic E-state index is 0.462. The normalized spacial score (nSPS) is 10.3. The summed E-state index contributed by atoms with van der Waals surface area (Å²) in [5, 5.41) is 3.47. The lowest BCUT2D eigenvalue weighted by Crippen LogP contribution is -2.14. The van der Waals surface area contributed by atoms with Crippen molar-refractivity contribution in [2.45, 2.75) is 26.2 Å². The Bertz CT molecular complexity index is 391. The van der Waals surface area contributed by atoms with Crippen molar-refractivity contribution in [1.29, 1.82) is 0 Å². The highest BCUT2D eigenvalue weighted by Crippen LogP contribution is 2.20. The van der Waals surface area contributed by atoms with Gasteiger partial charge in [-0.15, -0.1) is 0 Å². The number of nitrogens with two attached hydrogens (primary N) is 1. The fourth-order valence-corrected chi connectivity index (χ4v) is 2.53. The van der Waals surface area contributed by atoms with Crippen molar-refractivity contribution < 1.29 is 0 Å². The van der Waals surface area contributed by atoms with Crippen LogP contribution < -0.4 is 11.1 Å². The summed E-state index contributed by atoms with van der Waals surface area (Å²) in [5.41, 5.74) is 8.99. The average molecular weight is 282 g/mol. The van der Waals surface area contributed by atoms with Crippen LogP contribution in [0.15, 0.2) is 18.2 Å². The summed E-state index contributed by atoms with van der Waals surface area (Å²) >= 11 is 6.99. The first-order valence-corrected chi connectivity index (χ1v) is 8.09. The van der Waals surface area contributed by atoms with E-state index in [0.29, 0.717) is 4.99 Å². The Hall–Kier alpha value is -0.740. The van der Waals surface area contributed by atoms with Gasteiger partial charge >= 0.3 is 0 Å².